The molecule has 1 saturated carbocycles. The summed E-state index contributed by atoms with van der Waals surface area (Å²) in [5.74, 6) is 1.34. The van der Waals surface area contributed by atoms with Crippen molar-refractivity contribution in [2.24, 2.45) is 0 Å². The molecule has 1 N–H and O–H groups in total. The van der Waals surface area contributed by atoms with Crippen molar-refractivity contribution in [2.75, 3.05) is 12.3 Å². The monoisotopic (exact) mass is 187 g/mol. The zero-order valence-electron chi connectivity index (χ0n) is 8.31. The van der Waals surface area contributed by atoms with Crippen molar-refractivity contribution in [1.29, 1.82) is 0 Å². The number of unbranched alkanes of at least 4 members (excludes halogenated alkanes) is 1. The fraction of sp³-hybridized carbons (Fsp3) is 1.00. The molecule has 0 aromatic rings. The lowest BCUT2D eigenvalue weighted by atomic mass is 10.3. The van der Waals surface area contributed by atoms with E-state index in [0.717, 1.165) is 11.3 Å². The lowest BCUT2D eigenvalue weighted by Crippen LogP contribution is -2.17. The Morgan fingerprint density at radius 2 is 2.08 bits per heavy atom. The van der Waals surface area contributed by atoms with Crippen LogP contribution in [0.15, 0.2) is 0 Å². The first-order valence-electron chi connectivity index (χ1n) is 5.14. The average Bonchev–Trinajstić information content (AvgIpc) is 2.79. The second-order valence-corrected chi connectivity index (χ2v) is 5.54. The van der Waals surface area contributed by atoms with Gasteiger partial charge in [0.05, 0.1) is 0 Å². The highest BCUT2D eigenvalue weighted by atomic mass is 32.2. The largest absolute Gasteiger partial charge is 0.314 e. The van der Waals surface area contributed by atoms with Crippen molar-refractivity contribution in [3.05, 3.63) is 0 Å². The molecule has 1 rings (SSSR count). The van der Waals surface area contributed by atoms with Crippen molar-refractivity contribution in [2.45, 2.75) is 50.8 Å². The van der Waals surface area contributed by atoms with E-state index >= 15 is 0 Å². The summed E-state index contributed by atoms with van der Waals surface area (Å²) in [6.07, 6.45) is 5.57. The van der Waals surface area contributed by atoms with Crippen LogP contribution in [0.1, 0.15) is 39.5 Å². The zero-order valence-corrected chi connectivity index (χ0v) is 9.12. The molecular weight excluding hydrogens is 166 g/mol. The van der Waals surface area contributed by atoms with Gasteiger partial charge in [0.25, 0.3) is 0 Å². The molecule has 72 valence electrons. The summed E-state index contributed by atoms with van der Waals surface area (Å²) in [7, 11) is 0. The average molecular weight is 187 g/mol. The van der Waals surface area contributed by atoms with Crippen LogP contribution in [0, 0.1) is 0 Å². The molecule has 1 fully saturated rings. The minimum Gasteiger partial charge on any atom is -0.314 e. The van der Waals surface area contributed by atoms with Crippen LogP contribution in [-0.4, -0.2) is 23.6 Å². The molecule has 1 aliphatic rings. The topological polar surface area (TPSA) is 12.0 Å². The minimum atomic E-state index is 0.807. The van der Waals surface area contributed by atoms with Gasteiger partial charge in [-0.15, -0.1) is 0 Å². The Bertz CT molecular complexity index is 104. The number of nitrogens with one attached hydrogen (secondary N) is 1. The highest BCUT2D eigenvalue weighted by Gasteiger charge is 2.19. The SMILES string of the molecule is CC(C)SCCCCNC1CC1. The molecule has 0 spiro atoms. The lowest BCUT2D eigenvalue weighted by molar-refractivity contribution is 0.640. The van der Waals surface area contributed by atoms with Gasteiger partial charge in [0.1, 0.15) is 0 Å². The van der Waals surface area contributed by atoms with Crippen LogP contribution in [-0.2, 0) is 0 Å². The molecule has 2 heteroatoms. The van der Waals surface area contributed by atoms with E-state index in [1.807, 2.05) is 0 Å². The second kappa shape index (κ2) is 5.87. The third kappa shape index (κ3) is 5.90. The summed E-state index contributed by atoms with van der Waals surface area (Å²) in [4.78, 5) is 0. The molecule has 1 aliphatic carbocycles. The van der Waals surface area contributed by atoms with Crippen molar-refractivity contribution in [1.82, 2.24) is 5.32 Å². The fourth-order valence-corrected chi connectivity index (χ4v) is 1.98. The van der Waals surface area contributed by atoms with E-state index in [1.54, 1.807) is 0 Å². The Balaban J connectivity index is 1.70. The fourth-order valence-electron chi connectivity index (χ4n) is 1.14. The maximum atomic E-state index is 3.54. The van der Waals surface area contributed by atoms with Gasteiger partial charge in [-0.3, -0.25) is 0 Å². The maximum Gasteiger partial charge on any atom is 0.00682 e. The Hall–Kier alpha value is 0.310. The summed E-state index contributed by atoms with van der Waals surface area (Å²) in [6.45, 7) is 5.78. The third-order valence-corrected chi connectivity index (χ3v) is 3.22. The van der Waals surface area contributed by atoms with Gasteiger partial charge in [-0.05, 0) is 43.2 Å². The molecule has 0 radical (unpaired) electrons. The molecule has 12 heavy (non-hydrogen) atoms. The van der Waals surface area contributed by atoms with Gasteiger partial charge in [0.2, 0.25) is 0 Å². The predicted molar refractivity (Wildman–Crippen MR) is 57.9 cm³/mol. The maximum absolute atomic E-state index is 3.54. The van der Waals surface area contributed by atoms with E-state index < -0.39 is 0 Å². The second-order valence-electron chi connectivity index (χ2n) is 3.86. The number of thioether (sulfide) groups is 1. The van der Waals surface area contributed by atoms with Gasteiger partial charge in [0.15, 0.2) is 0 Å². The lowest BCUT2D eigenvalue weighted by Gasteiger charge is -2.04. The van der Waals surface area contributed by atoms with Gasteiger partial charge >= 0.3 is 0 Å². The van der Waals surface area contributed by atoms with E-state index in [2.05, 4.69) is 30.9 Å². The van der Waals surface area contributed by atoms with Crippen LogP contribution in [0.5, 0.6) is 0 Å². The molecule has 0 bridgehead atoms. The summed E-state index contributed by atoms with van der Waals surface area (Å²) < 4.78 is 0. The minimum absolute atomic E-state index is 0.807. The van der Waals surface area contributed by atoms with Crippen molar-refractivity contribution in [3.63, 3.8) is 0 Å². The number of hydrogen-bond donors (Lipinski definition) is 1. The number of hydrogen-bond acceptors (Lipinski definition) is 2. The first kappa shape index (κ1) is 10.4. The molecule has 0 amide bonds. The Morgan fingerprint density at radius 1 is 1.33 bits per heavy atom. The van der Waals surface area contributed by atoms with E-state index in [0.29, 0.717) is 0 Å². The van der Waals surface area contributed by atoms with Crippen LogP contribution >= 0.6 is 11.8 Å². The highest BCUT2D eigenvalue weighted by Crippen LogP contribution is 2.18. The van der Waals surface area contributed by atoms with Crippen LogP contribution < -0.4 is 5.32 Å². The van der Waals surface area contributed by atoms with Gasteiger partial charge in [-0.2, -0.15) is 11.8 Å². The summed E-state index contributed by atoms with van der Waals surface area (Å²) in [6, 6.07) is 0.891. The molecule has 0 unspecified atom stereocenters. The summed E-state index contributed by atoms with van der Waals surface area (Å²) >= 11 is 2.08. The van der Waals surface area contributed by atoms with Crippen molar-refractivity contribution in [3.8, 4) is 0 Å². The molecule has 0 aromatic heterocycles. The molecule has 0 heterocycles. The molecule has 0 saturated heterocycles. The van der Waals surface area contributed by atoms with E-state index in [1.165, 1.54) is 38.0 Å². The van der Waals surface area contributed by atoms with E-state index in [-0.39, 0.29) is 0 Å². The standard InChI is InChI=1S/C10H21NS/c1-9(2)12-8-4-3-7-11-10-5-6-10/h9-11H,3-8H2,1-2H3. The molecule has 0 atom stereocenters. The van der Waals surface area contributed by atoms with Gasteiger partial charge in [0, 0.05) is 6.04 Å². The smallest absolute Gasteiger partial charge is 0.00682 e. The van der Waals surface area contributed by atoms with Crippen molar-refractivity contribution < 1.29 is 0 Å². The summed E-state index contributed by atoms with van der Waals surface area (Å²) in [5, 5.41) is 4.34. The molecule has 0 aromatic carbocycles. The molecule has 0 aliphatic heterocycles. The molecule has 1 nitrogen and oxygen atoms in total. The quantitative estimate of drug-likeness (QED) is 0.615. The Kier molecular flexibility index (Phi) is 5.08. The predicted octanol–water partition coefficient (Wildman–Crippen LogP) is 2.66. The van der Waals surface area contributed by atoms with Gasteiger partial charge < -0.3 is 5.32 Å². The highest BCUT2D eigenvalue weighted by molar-refractivity contribution is 7.99. The van der Waals surface area contributed by atoms with Crippen LogP contribution in [0.2, 0.25) is 0 Å². The van der Waals surface area contributed by atoms with Crippen LogP contribution in [0.25, 0.3) is 0 Å². The third-order valence-electron chi connectivity index (χ3n) is 2.03. The Labute approximate surface area is 80.7 Å². The molecular formula is C10H21NS. The zero-order chi connectivity index (χ0) is 8.81. The normalized spacial score (nSPS) is 17.2. The summed E-state index contributed by atoms with van der Waals surface area (Å²) in [5.41, 5.74) is 0. The van der Waals surface area contributed by atoms with Crippen LogP contribution in [0.4, 0.5) is 0 Å². The Morgan fingerprint density at radius 3 is 2.67 bits per heavy atom. The number of rotatable bonds is 7. The van der Waals surface area contributed by atoms with Crippen LogP contribution in [0.3, 0.4) is 0 Å². The van der Waals surface area contributed by atoms with E-state index in [9.17, 15) is 0 Å². The van der Waals surface area contributed by atoms with Gasteiger partial charge in [-0.1, -0.05) is 13.8 Å². The first-order valence-corrected chi connectivity index (χ1v) is 6.19. The van der Waals surface area contributed by atoms with E-state index in [4.69, 9.17) is 0 Å². The first-order chi connectivity index (χ1) is 5.79. The van der Waals surface area contributed by atoms with Gasteiger partial charge in [-0.25, -0.2) is 0 Å². The van der Waals surface area contributed by atoms with Crippen molar-refractivity contribution >= 4 is 11.8 Å².